The number of sulfone groups is 1. The lowest BCUT2D eigenvalue weighted by molar-refractivity contribution is 0.240. The van der Waals surface area contributed by atoms with Gasteiger partial charge in [-0.3, -0.25) is 0 Å². The van der Waals surface area contributed by atoms with E-state index in [1.54, 1.807) is 0 Å². The third-order valence-corrected chi connectivity index (χ3v) is 2.37. The summed E-state index contributed by atoms with van der Waals surface area (Å²) in [7, 11) is -2.99. The van der Waals surface area contributed by atoms with Crippen molar-refractivity contribution in [2.24, 2.45) is 5.92 Å². The minimum absolute atomic E-state index is 0.0257. The molecular formula is C8H18N2O3S. The highest BCUT2D eigenvalue weighted by atomic mass is 32.2. The molecule has 0 bridgehead atoms. The summed E-state index contributed by atoms with van der Waals surface area (Å²) in [5.41, 5.74) is 0. The Morgan fingerprint density at radius 3 is 2.29 bits per heavy atom. The molecule has 0 fully saturated rings. The zero-order valence-corrected chi connectivity index (χ0v) is 9.65. The molecule has 0 heterocycles. The molecular weight excluding hydrogens is 204 g/mol. The Hall–Kier alpha value is -0.780. The largest absolute Gasteiger partial charge is 0.338 e. The first-order valence-corrected chi connectivity index (χ1v) is 6.56. The van der Waals surface area contributed by atoms with Gasteiger partial charge in [-0.15, -0.1) is 0 Å². The van der Waals surface area contributed by atoms with Gasteiger partial charge in [-0.2, -0.15) is 0 Å². The van der Waals surface area contributed by atoms with Crippen LogP contribution in [0, 0.1) is 5.92 Å². The van der Waals surface area contributed by atoms with Gasteiger partial charge in [0.25, 0.3) is 0 Å². The van der Waals surface area contributed by atoms with Crippen molar-refractivity contribution in [3.05, 3.63) is 0 Å². The summed E-state index contributed by atoms with van der Waals surface area (Å²) in [6.07, 6.45) is 1.14. The Bertz CT molecular complexity index is 272. The van der Waals surface area contributed by atoms with Crippen LogP contribution in [0.1, 0.15) is 13.8 Å². The van der Waals surface area contributed by atoms with Crippen LogP contribution >= 0.6 is 0 Å². The number of carbonyl (C=O) groups is 1. The lowest BCUT2D eigenvalue weighted by Crippen LogP contribution is -2.39. The summed E-state index contributed by atoms with van der Waals surface area (Å²) in [6.45, 7) is 4.71. The van der Waals surface area contributed by atoms with Crippen molar-refractivity contribution >= 4 is 15.9 Å². The van der Waals surface area contributed by atoms with E-state index in [2.05, 4.69) is 10.6 Å². The summed E-state index contributed by atoms with van der Waals surface area (Å²) in [5.74, 6) is 0.359. The van der Waals surface area contributed by atoms with E-state index in [9.17, 15) is 13.2 Å². The fraction of sp³-hybridized carbons (Fsp3) is 0.875. The van der Waals surface area contributed by atoms with Crippen LogP contribution in [0.5, 0.6) is 0 Å². The van der Waals surface area contributed by atoms with Crippen LogP contribution in [0.15, 0.2) is 0 Å². The Labute approximate surface area is 85.2 Å². The average molecular weight is 222 g/mol. The molecule has 2 amide bonds. The smallest absolute Gasteiger partial charge is 0.314 e. The molecule has 0 aliphatic heterocycles. The molecule has 84 valence electrons. The monoisotopic (exact) mass is 222 g/mol. The lowest BCUT2D eigenvalue weighted by atomic mass is 10.2. The van der Waals surface area contributed by atoms with Crippen molar-refractivity contribution in [1.82, 2.24) is 10.6 Å². The molecule has 5 nitrogen and oxygen atoms in total. The Morgan fingerprint density at radius 2 is 1.86 bits per heavy atom. The Kier molecular flexibility index (Phi) is 5.52. The number of hydrogen-bond acceptors (Lipinski definition) is 3. The molecule has 2 N–H and O–H groups in total. The number of amides is 2. The van der Waals surface area contributed by atoms with E-state index in [-0.39, 0.29) is 18.3 Å². The van der Waals surface area contributed by atoms with E-state index < -0.39 is 9.84 Å². The van der Waals surface area contributed by atoms with Crippen LogP contribution in [-0.4, -0.2) is 39.5 Å². The first-order valence-electron chi connectivity index (χ1n) is 4.50. The molecule has 6 heteroatoms. The van der Waals surface area contributed by atoms with E-state index >= 15 is 0 Å². The van der Waals surface area contributed by atoms with Crippen LogP contribution < -0.4 is 10.6 Å². The molecule has 0 saturated carbocycles. The van der Waals surface area contributed by atoms with Gasteiger partial charge < -0.3 is 10.6 Å². The second-order valence-corrected chi connectivity index (χ2v) is 5.92. The topological polar surface area (TPSA) is 75.3 Å². The zero-order chi connectivity index (χ0) is 11.2. The van der Waals surface area contributed by atoms with Gasteiger partial charge in [-0.25, -0.2) is 13.2 Å². The van der Waals surface area contributed by atoms with Crippen molar-refractivity contribution in [3.8, 4) is 0 Å². The minimum atomic E-state index is -2.99. The molecule has 0 spiro atoms. The summed E-state index contributed by atoms with van der Waals surface area (Å²) in [4.78, 5) is 11.0. The normalized spacial score (nSPS) is 11.4. The first-order chi connectivity index (χ1) is 6.31. The Morgan fingerprint density at radius 1 is 1.29 bits per heavy atom. The molecule has 0 aliphatic carbocycles. The molecule has 14 heavy (non-hydrogen) atoms. The van der Waals surface area contributed by atoms with E-state index in [1.807, 2.05) is 13.8 Å². The van der Waals surface area contributed by atoms with E-state index in [0.717, 1.165) is 6.26 Å². The quantitative estimate of drug-likeness (QED) is 0.687. The molecule has 0 atom stereocenters. The van der Waals surface area contributed by atoms with Crippen molar-refractivity contribution in [1.29, 1.82) is 0 Å². The number of nitrogens with one attached hydrogen (secondary N) is 2. The van der Waals surface area contributed by atoms with Gasteiger partial charge in [0.05, 0.1) is 5.75 Å². The third kappa shape index (κ3) is 9.31. The van der Waals surface area contributed by atoms with Crippen molar-refractivity contribution in [2.45, 2.75) is 13.8 Å². The van der Waals surface area contributed by atoms with Crippen molar-refractivity contribution in [3.63, 3.8) is 0 Å². The Balaban J connectivity index is 3.55. The SMILES string of the molecule is CC(C)CNC(=O)NCCS(C)(=O)=O. The van der Waals surface area contributed by atoms with Crippen LogP contribution in [0.2, 0.25) is 0 Å². The maximum absolute atomic E-state index is 11.0. The van der Waals surface area contributed by atoms with Gasteiger partial charge >= 0.3 is 6.03 Å². The van der Waals surface area contributed by atoms with Gasteiger partial charge in [0.15, 0.2) is 0 Å². The summed E-state index contributed by atoms with van der Waals surface area (Å²) >= 11 is 0. The molecule has 0 radical (unpaired) electrons. The van der Waals surface area contributed by atoms with E-state index in [0.29, 0.717) is 12.5 Å². The van der Waals surface area contributed by atoms with E-state index in [1.165, 1.54) is 0 Å². The number of rotatable bonds is 5. The zero-order valence-electron chi connectivity index (χ0n) is 8.83. The average Bonchev–Trinajstić information content (AvgIpc) is 1.98. The van der Waals surface area contributed by atoms with Crippen molar-refractivity contribution < 1.29 is 13.2 Å². The maximum Gasteiger partial charge on any atom is 0.314 e. The summed E-state index contributed by atoms with van der Waals surface area (Å²) < 4.78 is 21.4. The fourth-order valence-corrected chi connectivity index (χ4v) is 1.18. The molecule has 0 aromatic heterocycles. The van der Waals surface area contributed by atoms with Crippen molar-refractivity contribution in [2.75, 3.05) is 25.1 Å². The number of hydrogen-bond donors (Lipinski definition) is 2. The molecule has 0 saturated heterocycles. The van der Waals surface area contributed by atoms with Crippen LogP contribution in [-0.2, 0) is 9.84 Å². The highest BCUT2D eigenvalue weighted by molar-refractivity contribution is 7.90. The van der Waals surface area contributed by atoms with Gasteiger partial charge in [0, 0.05) is 19.3 Å². The van der Waals surface area contributed by atoms with Crippen LogP contribution in [0.25, 0.3) is 0 Å². The van der Waals surface area contributed by atoms with Crippen LogP contribution in [0.3, 0.4) is 0 Å². The van der Waals surface area contributed by atoms with Gasteiger partial charge in [-0.1, -0.05) is 13.8 Å². The standard InChI is InChI=1S/C8H18N2O3S/c1-7(2)6-10-8(11)9-4-5-14(3,12)13/h7H,4-6H2,1-3H3,(H2,9,10,11). The number of urea groups is 1. The van der Waals surface area contributed by atoms with Gasteiger partial charge in [0.2, 0.25) is 0 Å². The predicted octanol–water partition coefficient (Wildman–Crippen LogP) is -0.0138. The molecule has 0 aliphatic rings. The highest BCUT2D eigenvalue weighted by Gasteiger charge is 2.04. The summed E-state index contributed by atoms with van der Waals surface area (Å²) in [6, 6.07) is -0.317. The molecule has 0 aromatic carbocycles. The minimum Gasteiger partial charge on any atom is -0.338 e. The third-order valence-electron chi connectivity index (χ3n) is 1.43. The maximum atomic E-state index is 11.0. The lowest BCUT2D eigenvalue weighted by Gasteiger charge is -2.08. The number of carbonyl (C=O) groups excluding carboxylic acids is 1. The molecule has 0 rings (SSSR count). The molecule has 0 aromatic rings. The second kappa shape index (κ2) is 5.85. The van der Waals surface area contributed by atoms with Crippen LogP contribution in [0.4, 0.5) is 4.79 Å². The molecule has 0 unspecified atom stereocenters. The first kappa shape index (κ1) is 13.2. The predicted molar refractivity (Wildman–Crippen MR) is 56.0 cm³/mol. The summed E-state index contributed by atoms with van der Waals surface area (Å²) in [5, 5.41) is 5.09. The van der Waals surface area contributed by atoms with E-state index in [4.69, 9.17) is 0 Å². The fourth-order valence-electron chi connectivity index (χ4n) is 0.709. The highest BCUT2D eigenvalue weighted by Crippen LogP contribution is 1.86. The van der Waals surface area contributed by atoms with Gasteiger partial charge in [-0.05, 0) is 5.92 Å². The van der Waals surface area contributed by atoms with Gasteiger partial charge in [0.1, 0.15) is 9.84 Å². The second-order valence-electron chi connectivity index (χ2n) is 3.66.